The highest BCUT2D eigenvalue weighted by Gasteiger charge is 2.07. The molecule has 90 valence electrons. The Morgan fingerprint density at radius 3 is 2.53 bits per heavy atom. The van der Waals surface area contributed by atoms with Crippen LogP contribution in [-0.4, -0.2) is 19.5 Å². The largest absolute Gasteiger partial charge is 0.493 e. The maximum Gasteiger partial charge on any atom is 0.161 e. The van der Waals surface area contributed by atoms with Gasteiger partial charge in [-0.25, -0.2) is 0 Å². The first-order chi connectivity index (χ1) is 8.30. The second-order valence-corrected chi connectivity index (χ2v) is 4.03. The average molecular weight is 297 g/mol. The molecule has 0 N–H and O–H groups in total. The summed E-state index contributed by atoms with van der Waals surface area (Å²) < 4.78 is 16.1. The Hall–Kier alpha value is -1.42. The lowest BCUT2D eigenvalue weighted by molar-refractivity contribution is 0.354. The smallest absolute Gasteiger partial charge is 0.161 e. The minimum atomic E-state index is 0.646. The topological polar surface area (TPSA) is 27.7 Å². The van der Waals surface area contributed by atoms with E-state index in [1.807, 2.05) is 24.3 Å². The van der Waals surface area contributed by atoms with Gasteiger partial charge in [0.1, 0.15) is 5.76 Å². The van der Waals surface area contributed by atoms with Crippen molar-refractivity contribution in [1.29, 1.82) is 0 Å². The summed E-state index contributed by atoms with van der Waals surface area (Å²) in [6.07, 6.45) is 5.50. The second-order valence-electron chi connectivity index (χ2n) is 3.46. The Morgan fingerprint density at radius 1 is 1.18 bits per heavy atom. The number of hydrogen-bond acceptors (Lipinski definition) is 3. The highest BCUT2D eigenvalue weighted by molar-refractivity contribution is 9.09. The molecule has 0 saturated heterocycles. The molecule has 1 aromatic carbocycles. The molecule has 4 heteroatoms. The maximum absolute atomic E-state index is 5.51. The summed E-state index contributed by atoms with van der Waals surface area (Å²) in [5.41, 5.74) is 0. The third-order valence-corrected chi connectivity index (χ3v) is 3.05. The van der Waals surface area contributed by atoms with Gasteiger partial charge in [0.05, 0.1) is 25.8 Å². The molecule has 1 aromatic rings. The highest BCUT2D eigenvalue weighted by Crippen LogP contribution is 2.22. The molecule has 1 aliphatic heterocycles. The van der Waals surface area contributed by atoms with Gasteiger partial charge in [-0.05, 0) is 23.4 Å². The third kappa shape index (κ3) is 2.31. The van der Waals surface area contributed by atoms with Crippen LogP contribution >= 0.6 is 15.9 Å². The van der Waals surface area contributed by atoms with Gasteiger partial charge in [-0.2, -0.15) is 0 Å². The molecule has 0 unspecified atom stereocenters. The second kappa shape index (κ2) is 5.27. The quantitative estimate of drug-likeness (QED) is 0.792. The first-order valence-electron chi connectivity index (χ1n) is 5.15. The fraction of sp³-hybridized carbons (Fsp3) is 0.231. The summed E-state index contributed by atoms with van der Waals surface area (Å²) >= 11 is 3.42. The van der Waals surface area contributed by atoms with Crippen LogP contribution in [0.5, 0.6) is 11.5 Å². The molecule has 17 heavy (non-hydrogen) atoms. The number of benzene rings is 1. The van der Waals surface area contributed by atoms with Gasteiger partial charge >= 0.3 is 0 Å². The van der Waals surface area contributed by atoms with E-state index in [2.05, 4.69) is 15.9 Å². The molecule has 0 fully saturated rings. The van der Waals surface area contributed by atoms with Crippen molar-refractivity contribution in [3.63, 3.8) is 0 Å². The van der Waals surface area contributed by atoms with Crippen LogP contribution < -0.4 is 19.9 Å². The summed E-state index contributed by atoms with van der Waals surface area (Å²) in [7, 11) is 3.25. The molecule has 0 saturated carbocycles. The van der Waals surface area contributed by atoms with E-state index in [1.54, 1.807) is 20.5 Å². The van der Waals surface area contributed by atoms with Gasteiger partial charge in [-0.15, -0.1) is 0 Å². The van der Waals surface area contributed by atoms with Crippen LogP contribution in [-0.2, 0) is 4.74 Å². The first kappa shape index (κ1) is 12.0. The van der Waals surface area contributed by atoms with E-state index in [0.29, 0.717) is 16.8 Å². The zero-order valence-electron chi connectivity index (χ0n) is 9.70. The van der Waals surface area contributed by atoms with Gasteiger partial charge in [-0.1, -0.05) is 22.0 Å². The molecule has 0 atom stereocenters. The lowest BCUT2D eigenvalue weighted by Gasteiger charge is -2.08. The van der Waals surface area contributed by atoms with Gasteiger partial charge in [0.15, 0.2) is 11.5 Å². The number of rotatable bonds is 3. The summed E-state index contributed by atoms with van der Waals surface area (Å²) in [5, 5.41) is 2.70. The molecule has 2 rings (SSSR count). The molecule has 1 heterocycles. The summed E-state index contributed by atoms with van der Waals surface area (Å²) in [6, 6.07) is 3.87. The van der Waals surface area contributed by atoms with Crippen LogP contribution in [0.4, 0.5) is 0 Å². The number of ether oxygens (including phenoxy) is 3. The fourth-order valence-corrected chi connectivity index (χ4v) is 2.14. The van der Waals surface area contributed by atoms with Crippen molar-refractivity contribution in [3.05, 3.63) is 34.9 Å². The summed E-state index contributed by atoms with van der Waals surface area (Å²) in [4.78, 5) is 0. The fourth-order valence-electron chi connectivity index (χ4n) is 1.71. The van der Waals surface area contributed by atoms with Gasteiger partial charge in [0, 0.05) is 5.22 Å². The van der Waals surface area contributed by atoms with Crippen molar-refractivity contribution in [1.82, 2.24) is 0 Å². The Labute approximate surface area is 108 Å². The molecule has 0 spiro atoms. The number of halogens is 1. The Balaban J connectivity index is 2.78. The van der Waals surface area contributed by atoms with Gasteiger partial charge in [0.25, 0.3) is 0 Å². The molecule has 0 aromatic heterocycles. The predicted octanol–water partition coefficient (Wildman–Crippen LogP) is 1.53. The Kier molecular flexibility index (Phi) is 3.74. The zero-order valence-corrected chi connectivity index (χ0v) is 11.3. The highest BCUT2D eigenvalue weighted by atomic mass is 79.9. The number of fused-ring (bicyclic) bond motifs is 1. The Morgan fingerprint density at radius 2 is 1.88 bits per heavy atom. The molecule has 0 bridgehead atoms. The van der Waals surface area contributed by atoms with E-state index >= 15 is 0 Å². The van der Waals surface area contributed by atoms with E-state index < -0.39 is 0 Å². The van der Waals surface area contributed by atoms with Crippen molar-refractivity contribution in [3.8, 4) is 11.5 Å². The lowest BCUT2D eigenvalue weighted by atomic mass is 10.2. The minimum Gasteiger partial charge on any atom is -0.493 e. The average Bonchev–Trinajstić information content (AvgIpc) is 2.58. The van der Waals surface area contributed by atoms with Crippen molar-refractivity contribution in [2.45, 2.75) is 0 Å². The van der Waals surface area contributed by atoms with Crippen LogP contribution in [0.15, 0.2) is 24.5 Å². The molecule has 3 nitrogen and oxygen atoms in total. The van der Waals surface area contributed by atoms with E-state index in [0.717, 1.165) is 16.2 Å². The first-order valence-corrected chi connectivity index (χ1v) is 6.27. The third-order valence-electron chi connectivity index (χ3n) is 2.54. The standard InChI is InChI=1S/C13H13BrO3/c1-15-11-6-9-4-3-5-17-13(8-14)10(9)7-12(11)16-2/h3-7H,8H2,1-2H3. The summed E-state index contributed by atoms with van der Waals surface area (Å²) in [5.74, 6) is 2.27. The van der Waals surface area contributed by atoms with Crippen LogP contribution in [0.3, 0.4) is 0 Å². The van der Waals surface area contributed by atoms with Crippen LogP contribution in [0.2, 0.25) is 0 Å². The van der Waals surface area contributed by atoms with Gasteiger partial charge in [0.2, 0.25) is 0 Å². The van der Waals surface area contributed by atoms with Crippen molar-refractivity contribution in [2.24, 2.45) is 0 Å². The minimum absolute atomic E-state index is 0.646. The van der Waals surface area contributed by atoms with Crippen molar-refractivity contribution < 1.29 is 14.2 Å². The zero-order chi connectivity index (χ0) is 12.3. The van der Waals surface area contributed by atoms with E-state index in [9.17, 15) is 0 Å². The normalized spacial score (nSPS) is 13.2. The van der Waals surface area contributed by atoms with Gasteiger partial charge < -0.3 is 14.2 Å². The molecule has 1 aliphatic rings. The van der Waals surface area contributed by atoms with E-state index in [-0.39, 0.29) is 0 Å². The molecule has 0 radical (unpaired) electrons. The molecule has 0 amide bonds. The number of alkyl halides is 1. The van der Waals surface area contributed by atoms with Crippen molar-refractivity contribution >= 4 is 27.8 Å². The predicted molar refractivity (Wildman–Crippen MR) is 70.7 cm³/mol. The SMILES string of the molecule is COc1cc2c(cc1OC)=C(CBr)OC=CC=2. The Bertz CT molecular complexity index is 561. The maximum atomic E-state index is 5.51. The van der Waals surface area contributed by atoms with E-state index in [1.165, 1.54) is 0 Å². The number of hydrogen-bond donors (Lipinski definition) is 0. The van der Waals surface area contributed by atoms with E-state index in [4.69, 9.17) is 14.2 Å². The van der Waals surface area contributed by atoms with Crippen LogP contribution in [0, 0.1) is 0 Å². The molecular weight excluding hydrogens is 284 g/mol. The van der Waals surface area contributed by atoms with Crippen LogP contribution in [0.25, 0.3) is 11.8 Å². The summed E-state index contributed by atoms with van der Waals surface area (Å²) in [6.45, 7) is 0. The monoisotopic (exact) mass is 296 g/mol. The number of allylic oxidation sites excluding steroid dienone is 1. The molecular formula is C13H13BrO3. The van der Waals surface area contributed by atoms with Crippen LogP contribution in [0.1, 0.15) is 0 Å². The van der Waals surface area contributed by atoms with Gasteiger partial charge in [-0.3, -0.25) is 0 Å². The molecule has 0 aliphatic carbocycles. The van der Waals surface area contributed by atoms with Crippen molar-refractivity contribution in [2.75, 3.05) is 19.5 Å². The lowest BCUT2D eigenvalue weighted by Crippen LogP contribution is -2.27. The number of methoxy groups -OCH3 is 2.